The summed E-state index contributed by atoms with van der Waals surface area (Å²) in [6.45, 7) is 0.966. The summed E-state index contributed by atoms with van der Waals surface area (Å²) in [5, 5.41) is 0.384. The Morgan fingerprint density at radius 3 is 2.79 bits per heavy atom. The molecule has 1 aromatic carbocycles. The molecule has 0 amide bonds. The summed E-state index contributed by atoms with van der Waals surface area (Å²) in [6.07, 6.45) is 3.28. The largest absolute Gasteiger partial charge is 0.472 e. The minimum atomic E-state index is -0.331. The Bertz CT molecular complexity index is 530. The third kappa shape index (κ3) is 3.35. The molecule has 0 aliphatic rings. The zero-order valence-corrected chi connectivity index (χ0v) is 11.4. The van der Waals surface area contributed by atoms with Crippen LogP contribution in [-0.4, -0.2) is 18.5 Å². The Kier molecular flexibility index (Phi) is 4.58. The van der Waals surface area contributed by atoms with Crippen molar-refractivity contribution in [1.82, 2.24) is 4.90 Å². The minimum Gasteiger partial charge on any atom is -0.472 e. The van der Waals surface area contributed by atoms with Gasteiger partial charge in [0.15, 0.2) is 0 Å². The van der Waals surface area contributed by atoms with Gasteiger partial charge in [0.1, 0.15) is 5.82 Å². The molecule has 0 aliphatic heterocycles. The third-order valence-electron chi connectivity index (χ3n) is 3.09. The molecule has 19 heavy (non-hydrogen) atoms. The molecule has 0 spiro atoms. The third-order valence-corrected chi connectivity index (χ3v) is 3.32. The highest BCUT2D eigenvalue weighted by Crippen LogP contribution is 2.25. The summed E-state index contributed by atoms with van der Waals surface area (Å²) in [6, 6.07) is 6.34. The van der Waals surface area contributed by atoms with Gasteiger partial charge in [0.25, 0.3) is 0 Å². The van der Waals surface area contributed by atoms with Crippen LogP contribution in [-0.2, 0) is 6.54 Å². The SMILES string of the molecule is CN(Cc1ccoc1)C(CN)c1ccc(Cl)cc1F. The van der Waals surface area contributed by atoms with Crippen molar-refractivity contribution in [1.29, 1.82) is 0 Å². The molecular weight excluding hydrogens is 267 g/mol. The van der Waals surface area contributed by atoms with Gasteiger partial charge in [0, 0.05) is 35.3 Å². The summed E-state index contributed by atoms with van der Waals surface area (Å²) in [4.78, 5) is 1.98. The number of hydrogen-bond acceptors (Lipinski definition) is 3. The maximum absolute atomic E-state index is 13.9. The first-order chi connectivity index (χ1) is 9.11. The van der Waals surface area contributed by atoms with Crippen molar-refractivity contribution in [3.63, 3.8) is 0 Å². The summed E-state index contributed by atoms with van der Waals surface area (Å²) in [5.41, 5.74) is 7.35. The Hall–Kier alpha value is -1.36. The van der Waals surface area contributed by atoms with Crippen LogP contribution in [0, 0.1) is 5.82 Å². The smallest absolute Gasteiger partial charge is 0.129 e. The first kappa shape index (κ1) is 14.1. The molecule has 0 saturated heterocycles. The van der Waals surface area contributed by atoms with Crippen molar-refractivity contribution < 1.29 is 8.81 Å². The molecule has 102 valence electrons. The summed E-state index contributed by atoms with van der Waals surface area (Å²) < 4.78 is 19.0. The number of benzene rings is 1. The van der Waals surface area contributed by atoms with Crippen LogP contribution < -0.4 is 5.73 Å². The highest BCUT2D eigenvalue weighted by atomic mass is 35.5. The molecule has 2 rings (SSSR count). The molecule has 1 atom stereocenters. The molecule has 1 heterocycles. The van der Waals surface area contributed by atoms with E-state index in [0.29, 0.717) is 23.7 Å². The van der Waals surface area contributed by atoms with Gasteiger partial charge in [-0.2, -0.15) is 0 Å². The predicted octanol–water partition coefficient (Wildman–Crippen LogP) is 3.20. The van der Waals surface area contributed by atoms with Gasteiger partial charge >= 0.3 is 0 Å². The van der Waals surface area contributed by atoms with Gasteiger partial charge in [-0.3, -0.25) is 4.90 Å². The van der Waals surface area contributed by atoms with Gasteiger partial charge in [-0.25, -0.2) is 4.39 Å². The fourth-order valence-corrected chi connectivity index (χ4v) is 2.26. The number of likely N-dealkylation sites (N-methyl/N-ethyl adjacent to an activating group) is 1. The van der Waals surface area contributed by atoms with Crippen LogP contribution in [0.3, 0.4) is 0 Å². The average molecular weight is 283 g/mol. The van der Waals surface area contributed by atoms with E-state index in [1.165, 1.54) is 6.07 Å². The van der Waals surface area contributed by atoms with E-state index >= 15 is 0 Å². The van der Waals surface area contributed by atoms with E-state index in [2.05, 4.69) is 0 Å². The molecular formula is C14H16ClFN2O. The molecule has 1 unspecified atom stereocenters. The van der Waals surface area contributed by atoms with Gasteiger partial charge in [0.05, 0.1) is 12.5 Å². The van der Waals surface area contributed by atoms with Gasteiger partial charge in [-0.05, 0) is 25.2 Å². The van der Waals surface area contributed by atoms with E-state index < -0.39 is 0 Å². The monoisotopic (exact) mass is 282 g/mol. The van der Waals surface area contributed by atoms with Crippen molar-refractivity contribution >= 4 is 11.6 Å². The van der Waals surface area contributed by atoms with Gasteiger partial charge < -0.3 is 10.2 Å². The number of nitrogens with zero attached hydrogens (tertiary/aromatic N) is 1. The maximum Gasteiger partial charge on any atom is 0.129 e. The molecule has 0 aliphatic carbocycles. The van der Waals surface area contributed by atoms with Crippen LogP contribution >= 0.6 is 11.6 Å². The lowest BCUT2D eigenvalue weighted by Crippen LogP contribution is -2.30. The summed E-state index contributed by atoms with van der Waals surface area (Å²) >= 11 is 5.76. The molecule has 0 bridgehead atoms. The van der Waals surface area contributed by atoms with Crippen LogP contribution in [0.15, 0.2) is 41.2 Å². The lowest BCUT2D eigenvalue weighted by Gasteiger charge is -2.27. The number of halogens is 2. The lowest BCUT2D eigenvalue weighted by atomic mass is 10.0. The normalized spacial score (nSPS) is 12.9. The van der Waals surface area contributed by atoms with Gasteiger partial charge in [-0.1, -0.05) is 17.7 Å². The maximum atomic E-state index is 13.9. The predicted molar refractivity (Wildman–Crippen MR) is 73.4 cm³/mol. The van der Waals surface area contributed by atoms with E-state index in [4.69, 9.17) is 21.8 Å². The minimum absolute atomic E-state index is 0.202. The topological polar surface area (TPSA) is 42.4 Å². The van der Waals surface area contributed by atoms with E-state index in [1.54, 1.807) is 24.7 Å². The van der Waals surface area contributed by atoms with Gasteiger partial charge in [0.2, 0.25) is 0 Å². The quantitative estimate of drug-likeness (QED) is 0.916. The summed E-state index contributed by atoms with van der Waals surface area (Å²) in [5.74, 6) is -0.331. The first-order valence-electron chi connectivity index (χ1n) is 5.98. The van der Waals surface area contributed by atoms with Crippen LogP contribution in [0.2, 0.25) is 5.02 Å². The van der Waals surface area contributed by atoms with Crippen LogP contribution in [0.4, 0.5) is 4.39 Å². The molecule has 0 radical (unpaired) electrons. The van der Waals surface area contributed by atoms with Crippen molar-refractivity contribution in [2.75, 3.05) is 13.6 Å². The Balaban J connectivity index is 2.18. The van der Waals surface area contributed by atoms with E-state index in [-0.39, 0.29) is 11.9 Å². The van der Waals surface area contributed by atoms with Crippen LogP contribution in [0.25, 0.3) is 0 Å². The van der Waals surface area contributed by atoms with Crippen molar-refractivity contribution in [3.05, 3.63) is 58.8 Å². The molecule has 1 aromatic heterocycles. The number of nitrogens with two attached hydrogens (primary N) is 1. The molecule has 5 heteroatoms. The second-order valence-corrected chi connectivity index (χ2v) is 4.90. The lowest BCUT2D eigenvalue weighted by molar-refractivity contribution is 0.236. The van der Waals surface area contributed by atoms with Crippen molar-refractivity contribution in [3.8, 4) is 0 Å². The number of rotatable bonds is 5. The van der Waals surface area contributed by atoms with E-state index in [9.17, 15) is 4.39 Å². The fourth-order valence-electron chi connectivity index (χ4n) is 2.10. The van der Waals surface area contributed by atoms with E-state index in [0.717, 1.165) is 5.56 Å². The molecule has 2 N–H and O–H groups in total. The standard InChI is InChI=1S/C14H16ClFN2O/c1-18(8-10-4-5-19-9-10)14(7-17)12-3-2-11(15)6-13(12)16/h2-6,9,14H,7-8,17H2,1H3. The molecule has 0 saturated carbocycles. The van der Waals surface area contributed by atoms with Crippen molar-refractivity contribution in [2.45, 2.75) is 12.6 Å². The zero-order chi connectivity index (χ0) is 13.8. The molecule has 0 fully saturated rings. The molecule has 3 nitrogen and oxygen atoms in total. The number of furan rings is 1. The van der Waals surface area contributed by atoms with Crippen LogP contribution in [0.5, 0.6) is 0 Å². The average Bonchev–Trinajstić information content (AvgIpc) is 2.85. The van der Waals surface area contributed by atoms with Crippen LogP contribution in [0.1, 0.15) is 17.2 Å². The van der Waals surface area contributed by atoms with Crippen molar-refractivity contribution in [2.24, 2.45) is 5.73 Å². The number of hydrogen-bond donors (Lipinski definition) is 1. The Morgan fingerprint density at radius 1 is 1.42 bits per heavy atom. The second kappa shape index (κ2) is 6.19. The highest BCUT2D eigenvalue weighted by molar-refractivity contribution is 6.30. The Morgan fingerprint density at radius 2 is 2.21 bits per heavy atom. The molecule has 2 aromatic rings. The Labute approximate surface area is 116 Å². The first-order valence-corrected chi connectivity index (χ1v) is 6.36. The zero-order valence-electron chi connectivity index (χ0n) is 10.6. The van der Waals surface area contributed by atoms with E-state index in [1.807, 2.05) is 18.0 Å². The fraction of sp³-hybridized carbons (Fsp3) is 0.286. The second-order valence-electron chi connectivity index (χ2n) is 4.46. The summed E-state index contributed by atoms with van der Waals surface area (Å²) in [7, 11) is 1.90. The highest BCUT2D eigenvalue weighted by Gasteiger charge is 2.19. The van der Waals surface area contributed by atoms with Gasteiger partial charge in [-0.15, -0.1) is 0 Å².